The molecule has 11 heavy (non-hydrogen) atoms. The van der Waals surface area contributed by atoms with Crippen molar-refractivity contribution in [2.75, 3.05) is 7.05 Å². The molecule has 1 nitrogen and oxygen atoms in total. The molecule has 0 saturated heterocycles. The van der Waals surface area contributed by atoms with Crippen LogP contribution in [-0.4, -0.2) is 12.6 Å². The van der Waals surface area contributed by atoms with Crippen LogP contribution in [0.1, 0.15) is 47.0 Å². The Morgan fingerprint density at radius 3 is 1.91 bits per heavy atom. The van der Waals surface area contributed by atoms with Gasteiger partial charge in [-0.15, -0.1) is 0 Å². The van der Waals surface area contributed by atoms with E-state index in [1.54, 1.807) is 0 Å². The topological polar surface area (TPSA) is 12.0 Å². The Bertz CT molecular complexity index is 93.0. The zero-order valence-electron chi connectivity index (χ0n) is 8.70. The minimum Gasteiger partial charge on any atom is -0.315 e. The van der Waals surface area contributed by atoms with Crippen molar-refractivity contribution in [3.63, 3.8) is 0 Å². The summed E-state index contributed by atoms with van der Waals surface area (Å²) in [4.78, 5) is 0. The summed E-state index contributed by atoms with van der Waals surface area (Å²) in [5.41, 5.74) is 0.316. The van der Waals surface area contributed by atoms with E-state index in [1.165, 1.54) is 19.3 Å². The Morgan fingerprint density at radius 2 is 1.64 bits per heavy atom. The highest BCUT2D eigenvalue weighted by Crippen LogP contribution is 2.20. The number of hydrogen-bond acceptors (Lipinski definition) is 1. The van der Waals surface area contributed by atoms with E-state index in [2.05, 4.69) is 33.0 Å². The third-order valence-electron chi connectivity index (χ3n) is 2.63. The van der Waals surface area contributed by atoms with E-state index in [1.807, 2.05) is 7.05 Å². The average Bonchev–Trinajstić information content (AvgIpc) is 2.00. The van der Waals surface area contributed by atoms with Crippen LogP contribution in [0, 0.1) is 5.92 Å². The third kappa shape index (κ3) is 4.41. The molecule has 0 aliphatic carbocycles. The van der Waals surface area contributed by atoms with E-state index in [0.29, 0.717) is 5.54 Å². The summed E-state index contributed by atoms with van der Waals surface area (Å²) in [6.45, 7) is 9.09. The molecule has 0 bridgehead atoms. The number of hydrogen-bond donors (Lipinski definition) is 1. The predicted molar refractivity (Wildman–Crippen MR) is 51.8 cm³/mol. The Labute approximate surface area is 71.6 Å². The fourth-order valence-corrected chi connectivity index (χ4v) is 1.40. The molecule has 0 rings (SSSR count). The molecule has 0 radical (unpaired) electrons. The molecule has 0 aliphatic heterocycles. The second kappa shape index (κ2) is 4.76. The van der Waals surface area contributed by atoms with Crippen LogP contribution in [0.2, 0.25) is 0 Å². The Morgan fingerprint density at radius 1 is 1.18 bits per heavy atom. The van der Waals surface area contributed by atoms with Crippen LogP contribution in [0.4, 0.5) is 0 Å². The molecule has 0 unspecified atom stereocenters. The smallest absolute Gasteiger partial charge is 0.0124 e. The lowest BCUT2D eigenvalue weighted by molar-refractivity contribution is 0.302. The molecule has 0 aromatic heterocycles. The summed E-state index contributed by atoms with van der Waals surface area (Å²) in [5.74, 6) is 0.887. The SMILES string of the molecule is CCC(CC)CC(C)(C)NC. The maximum Gasteiger partial charge on any atom is 0.0124 e. The molecule has 68 valence electrons. The van der Waals surface area contributed by atoms with Crippen molar-refractivity contribution >= 4 is 0 Å². The average molecular weight is 157 g/mol. The molecule has 0 heterocycles. The van der Waals surface area contributed by atoms with Crippen molar-refractivity contribution in [3.05, 3.63) is 0 Å². The van der Waals surface area contributed by atoms with Crippen LogP contribution in [0.15, 0.2) is 0 Å². The monoisotopic (exact) mass is 157 g/mol. The van der Waals surface area contributed by atoms with Crippen molar-refractivity contribution in [1.82, 2.24) is 5.32 Å². The van der Waals surface area contributed by atoms with E-state index >= 15 is 0 Å². The molecule has 0 aromatic rings. The van der Waals surface area contributed by atoms with Gasteiger partial charge in [-0.2, -0.15) is 0 Å². The fourth-order valence-electron chi connectivity index (χ4n) is 1.40. The minimum absolute atomic E-state index is 0.316. The first-order valence-corrected chi connectivity index (χ1v) is 4.74. The number of rotatable bonds is 5. The zero-order chi connectivity index (χ0) is 8.91. The van der Waals surface area contributed by atoms with Crippen molar-refractivity contribution in [2.45, 2.75) is 52.5 Å². The van der Waals surface area contributed by atoms with Gasteiger partial charge in [0.25, 0.3) is 0 Å². The normalized spacial score (nSPS) is 12.5. The minimum atomic E-state index is 0.316. The fraction of sp³-hybridized carbons (Fsp3) is 1.00. The van der Waals surface area contributed by atoms with E-state index in [0.717, 1.165) is 5.92 Å². The maximum absolute atomic E-state index is 3.34. The quantitative estimate of drug-likeness (QED) is 0.647. The first-order chi connectivity index (χ1) is 5.05. The Balaban J connectivity index is 3.79. The standard InChI is InChI=1S/C10H23N/c1-6-9(7-2)8-10(3,4)11-5/h9,11H,6-8H2,1-5H3. The van der Waals surface area contributed by atoms with Gasteiger partial charge in [0, 0.05) is 5.54 Å². The van der Waals surface area contributed by atoms with Gasteiger partial charge in [0.1, 0.15) is 0 Å². The largest absolute Gasteiger partial charge is 0.315 e. The van der Waals surface area contributed by atoms with Crippen LogP contribution in [-0.2, 0) is 0 Å². The number of nitrogens with one attached hydrogen (secondary N) is 1. The molecule has 0 aliphatic rings. The predicted octanol–water partition coefficient (Wildman–Crippen LogP) is 2.81. The first kappa shape index (κ1) is 11.0. The first-order valence-electron chi connectivity index (χ1n) is 4.74. The van der Waals surface area contributed by atoms with Gasteiger partial charge in [-0.25, -0.2) is 0 Å². The summed E-state index contributed by atoms with van der Waals surface area (Å²) in [7, 11) is 2.04. The van der Waals surface area contributed by atoms with Crippen LogP contribution in [0.3, 0.4) is 0 Å². The maximum atomic E-state index is 3.34. The summed E-state index contributed by atoms with van der Waals surface area (Å²) < 4.78 is 0. The highest BCUT2D eigenvalue weighted by molar-refractivity contribution is 4.78. The summed E-state index contributed by atoms with van der Waals surface area (Å²) in [5, 5.41) is 3.34. The molecule has 0 spiro atoms. The summed E-state index contributed by atoms with van der Waals surface area (Å²) in [6.07, 6.45) is 3.90. The molecule has 0 saturated carbocycles. The highest BCUT2D eigenvalue weighted by Gasteiger charge is 2.18. The third-order valence-corrected chi connectivity index (χ3v) is 2.63. The Kier molecular flexibility index (Phi) is 4.74. The van der Waals surface area contributed by atoms with Gasteiger partial charge in [-0.05, 0) is 33.2 Å². The van der Waals surface area contributed by atoms with Gasteiger partial charge in [-0.3, -0.25) is 0 Å². The van der Waals surface area contributed by atoms with E-state index in [9.17, 15) is 0 Å². The van der Waals surface area contributed by atoms with Crippen LogP contribution < -0.4 is 5.32 Å². The van der Waals surface area contributed by atoms with Crippen molar-refractivity contribution in [2.24, 2.45) is 5.92 Å². The van der Waals surface area contributed by atoms with E-state index in [-0.39, 0.29) is 0 Å². The Hall–Kier alpha value is -0.0400. The lowest BCUT2D eigenvalue weighted by Crippen LogP contribution is -2.37. The molecular weight excluding hydrogens is 134 g/mol. The van der Waals surface area contributed by atoms with E-state index in [4.69, 9.17) is 0 Å². The van der Waals surface area contributed by atoms with Gasteiger partial charge in [0.05, 0.1) is 0 Å². The van der Waals surface area contributed by atoms with E-state index < -0.39 is 0 Å². The van der Waals surface area contributed by atoms with Crippen molar-refractivity contribution in [1.29, 1.82) is 0 Å². The van der Waals surface area contributed by atoms with Crippen molar-refractivity contribution in [3.8, 4) is 0 Å². The molecule has 1 N–H and O–H groups in total. The molecular formula is C10H23N. The van der Waals surface area contributed by atoms with Gasteiger partial charge < -0.3 is 5.32 Å². The molecule has 0 fully saturated rings. The van der Waals surface area contributed by atoms with Crippen LogP contribution in [0.5, 0.6) is 0 Å². The summed E-state index contributed by atoms with van der Waals surface area (Å²) >= 11 is 0. The van der Waals surface area contributed by atoms with Gasteiger partial charge in [0.2, 0.25) is 0 Å². The van der Waals surface area contributed by atoms with Crippen molar-refractivity contribution < 1.29 is 0 Å². The molecule has 0 atom stereocenters. The van der Waals surface area contributed by atoms with Gasteiger partial charge >= 0.3 is 0 Å². The van der Waals surface area contributed by atoms with Crippen LogP contribution >= 0.6 is 0 Å². The second-order valence-electron chi connectivity index (χ2n) is 4.02. The lowest BCUT2D eigenvalue weighted by atomic mass is 9.87. The zero-order valence-corrected chi connectivity index (χ0v) is 8.70. The molecule has 1 heteroatoms. The van der Waals surface area contributed by atoms with Gasteiger partial charge in [-0.1, -0.05) is 26.7 Å². The van der Waals surface area contributed by atoms with Gasteiger partial charge in [0.15, 0.2) is 0 Å². The highest BCUT2D eigenvalue weighted by atomic mass is 14.9. The summed E-state index contributed by atoms with van der Waals surface area (Å²) in [6, 6.07) is 0. The lowest BCUT2D eigenvalue weighted by Gasteiger charge is -2.28. The second-order valence-corrected chi connectivity index (χ2v) is 4.02. The molecule has 0 amide bonds. The van der Waals surface area contributed by atoms with Crippen LogP contribution in [0.25, 0.3) is 0 Å². The molecule has 0 aromatic carbocycles.